The molecule has 5 heterocycles. The molecule has 0 bridgehead atoms. The van der Waals surface area contributed by atoms with Gasteiger partial charge in [0.25, 0.3) is 0 Å². The van der Waals surface area contributed by atoms with Crippen LogP contribution in [0.5, 0.6) is 17.2 Å². The number of para-hydroxylation sites is 7. The van der Waals surface area contributed by atoms with Crippen molar-refractivity contribution in [2.75, 3.05) is 0 Å². The van der Waals surface area contributed by atoms with Crippen molar-refractivity contribution in [2.24, 2.45) is 5.73 Å². The van der Waals surface area contributed by atoms with Crippen molar-refractivity contribution >= 4 is 65.4 Å². The average molecular weight is 1050 g/mol. The molecule has 5 N–H and O–H groups in total. The zero-order valence-corrected chi connectivity index (χ0v) is 44.5. The summed E-state index contributed by atoms with van der Waals surface area (Å²) in [6.07, 6.45) is 3.54. The van der Waals surface area contributed by atoms with Crippen LogP contribution in [-0.4, -0.2) is 43.9 Å². The number of nitrogens with two attached hydrogens (primary N) is 1. The van der Waals surface area contributed by atoms with Crippen LogP contribution >= 0.6 is 0 Å². The Labute approximate surface area is 463 Å². The van der Waals surface area contributed by atoms with Crippen LogP contribution in [0.3, 0.4) is 0 Å². The second kappa shape index (κ2) is 22.2. The lowest BCUT2D eigenvalue weighted by Crippen LogP contribution is -2.23. The van der Waals surface area contributed by atoms with Gasteiger partial charge in [0.15, 0.2) is 0 Å². The van der Waals surface area contributed by atoms with Gasteiger partial charge in [-0.2, -0.15) is 0 Å². The molecule has 0 spiro atoms. The van der Waals surface area contributed by atoms with Gasteiger partial charge in [0.05, 0.1) is 61.6 Å². The molecule has 0 unspecified atom stereocenters. The van der Waals surface area contributed by atoms with E-state index in [9.17, 15) is 15.3 Å². The van der Waals surface area contributed by atoms with Crippen LogP contribution in [0, 0.1) is 13.8 Å². The fourth-order valence-corrected chi connectivity index (χ4v) is 11.3. The molecule has 0 atom stereocenters. The molecule has 10 heteroatoms. The summed E-state index contributed by atoms with van der Waals surface area (Å²) in [5, 5.41) is 41.4. The van der Waals surface area contributed by atoms with Crippen LogP contribution in [0.15, 0.2) is 243 Å². The molecule has 0 aliphatic heterocycles. The van der Waals surface area contributed by atoms with E-state index in [1.54, 1.807) is 18.5 Å². The lowest BCUT2D eigenvalue weighted by Gasteiger charge is -2.25. The molecule has 10 nitrogen and oxygen atoms in total. The predicted octanol–water partition coefficient (Wildman–Crippen LogP) is 15.5. The summed E-state index contributed by atoms with van der Waals surface area (Å²) >= 11 is 0. The highest BCUT2D eigenvalue weighted by Gasteiger charge is 2.22. The van der Waals surface area contributed by atoms with E-state index in [0.29, 0.717) is 31.9 Å². The molecule has 80 heavy (non-hydrogen) atoms. The van der Waals surface area contributed by atoms with E-state index in [1.165, 1.54) is 10.8 Å². The van der Waals surface area contributed by atoms with Gasteiger partial charge in [0.2, 0.25) is 0 Å². The lowest BCUT2D eigenvalue weighted by atomic mass is 10.1. The molecule has 0 fully saturated rings. The maximum Gasteiger partial charge on any atom is 0.144 e. The van der Waals surface area contributed by atoms with Crippen LogP contribution < -0.4 is 5.73 Å². The maximum absolute atomic E-state index is 12.1. The van der Waals surface area contributed by atoms with Crippen LogP contribution in [0.25, 0.3) is 82.5 Å². The number of hydrogen-bond donors (Lipinski definition) is 4. The first kappa shape index (κ1) is 50.8. The van der Waals surface area contributed by atoms with E-state index < -0.39 is 0 Å². The van der Waals surface area contributed by atoms with E-state index in [0.717, 1.165) is 105 Å². The third kappa shape index (κ3) is 9.74. The number of aromatic hydroxyl groups is 3. The molecule has 0 radical (unpaired) electrons. The molecule has 0 saturated carbocycles. The zero-order valence-electron chi connectivity index (χ0n) is 44.5. The molecule has 0 aliphatic rings. The Kier molecular flexibility index (Phi) is 14.1. The van der Waals surface area contributed by atoms with E-state index in [2.05, 4.69) is 157 Å². The van der Waals surface area contributed by atoms with Crippen LogP contribution in [-0.2, 0) is 26.2 Å². The molecule has 392 valence electrons. The van der Waals surface area contributed by atoms with E-state index in [1.807, 2.05) is 110 Å². The second-order valence-electron chi connectivity index (χ2n) is 20.2. The summed E-state index contributed by atoms with van der Waals surface area (Å²) < 4.78 is 6.45. The number of nitrogens with zero attached hydrogens (tertiary/aromatic N) is 6. The number of phenols is 3. The van der Waals surface area contributed by atoms with Gasteiger partial charge in [-0.3, -0.25) is 14.9 Å². The normalized spacial score (nSPS) is 11.4. The maximum atomic E-state index is 12.1. The Bertz CT molecular complexity index is 4370. The van der Waals surface area contributed by atoms with Crippen molar-refractivity contribution in [3.05, 3.63) is 277 Å². The quantitative estimate of drug-likeness (QED) is 0.107. The number of benzene rings is 9. The van der Waals surface area contributed by atoms with Crippen molar-refractivity contribution in [1.29, 1.82) is 0 Å². The summed E-state index contributed by atoms with van der Waals surface area (Å²) in [6, 6.07) is 77.4. The molecular weight excluding hydrogens is 987 g/mol. The molecule has 0 aliphatic carbocycles. The summed E-state index contributed by atoms with van der Waals surface area (Å²) in [5.74, 6) is 0.767. The van der Waals surface area contributed by atoms with E-state index >= 15 is 0 Å². The highest BCUT2D eigenvalue weighted by molar-refractivity contribution is 6.11. The number of hydrogen-bond acceptors (Lipinski definition) is 7. The summed E-state index contributed by atoms with van der Waals surface area (Å²) in [4.78, 5) is 10.8. The number of rotatable bonds is 10. The Morgan fingerprint density at radius 3 is 1.21 bits per heavy atom. The van der Waals surface area contributed by atoms with Gasteiger partial charge in [0, 0.05) is 82.0 Å². The van der Waals surface area contributed by atoms with Gasteiger partial charge in [0.1, 0.15) is 17.2 Å². The zero-order chi connectivity index (χ0) is 54.7. The minimum Gasteiger partial charge on any atom is -0.506 e. The first-order valence-electron chi connectivity index (χ1n) is 26.8. The van der Waals surface area contributed by atoms with Gasteiger partial charge in [-0.15, -0.1) is 0 Å². The molecular formula is C70H59N7O3. The van der Waals surface area contributed by atoms with Gasteiger partial charge in [-0.05, 0) is 110 Å². The van der Waals surface area contributed by atoms with E-state index in [4.69, 9.17) is 5.73 Å². The molecule has 0 saturated heterocycles. The van der Waals surface area contributed by atoms with E-state index in [-0.39, 0.29) is 11.5 Å². The Hall–Kier alpha value is -10.0. The molecule has 5 aromatic heterocycles. The Balaban J connectivity index is 0.000000179. The van der Waals surface area contributed by atoms with Crippen molar-refractivity contribution in [3.63, 3.8) is 0 Å². The predicted molar refractivity (Wildman–Crippen MR) is 326 cm³/mol. The fraction of sp³-hybridized carbons (Fsp3) is 0.0857. The second-order valence-corrected chi connectivity index (χ2v) is 20.2. The van der Waals surface area contributed by atoms with Gasteiger partial charge < -0.3 is 34.8 Å². The first-order valence-corrected chi connectivity index (χ1v) is 26.8. The van der Waals surface area contributed by atoms with Gasteiger partial charge in [-0.1, -0.05) is 146 Å². The highest BCUT2D eigenvalue weighted by Crippen LogP contribution is 2.40. The molecule has 9 aromatic carbocycles. The number of aryl methyl sites for hydroxylation is 2. The third-order valence-electron chi connectivity index (χ3n) is 14.8. The van der Waals surface area contributed by atoms with Crippen LogP contribution in [0.4, 0.5) is 0 Å². The number of fused-ring (bicyclic) bond motifs is 9. The first-order chi connectivity index (χ1) is 39.2. The SMILES string of the molecule is Cc1cc(CN(Cc2ccccn2)Cc2cccc(-n3c4ccccc4c4ccccc43)c2O)c(O)c(-n2c3ccccc3c3ccccc32)c1.Cc1ccc(O)c(-n2c3ccccc3c3ccccc32)c1.NCc1ccccn1. The van der Waals surface area contributed by atoms with Crippen molar-refractivity contribution in [2.45, 2.75) is 40.0 Å². The van der Waals surface area contributed by atoms with Gasteiger partial charge >= 0.3 is 0 Å². The van der Waals surface area contributed by atoms with Crippen molar-refractivity contribution in [3.8, 4) is 34.3 Å². The fourth-order valence-electron chi connectivity index (χ4n) is 11.3. The standard InChI is InChI=1S/C45H36N4O2.C19H15NO.C6H8N2/c1-30-25-32(45(51)43(26-30)49-40-21-8-4-17-36(40)37-18-5-9-22-41(37)49)28-47(29-33-14-10-11-24-46-33)27-31-13-12-23-42(44(31)50)48-38-19-6-2-15-34(38)35-16-3-7-20-39(35)48;1-13-10-11-19(21)18(12-13)20-16-8-4-2-6-14(16)15-7-3-5-9-17(15)20;7-5-6-3-1-2-4-8-6/h2-26,50-51H,27-29H2,1H3;2-12,21H,1H3;1-4H,5,7H2. The number of aromatic nitrogens is 5. The van der Waals surface area contributed by atoms with Crippen molar-refractivity contribution in [1.82, 2.24) is 28.6 Å². The largest absolute Gasteiger partial charge is 0.506 e. The third-order valence-corrected chi connectivity index (χ3v) is 14.8. The summed E-state index contributed by atoms with van der Waals surface area (Å²) in [6.45, 7) is 6.04. The minimum atomic E-state index is 0.231. The van der Waals surface area contributed by atoms with Gasteiger partial charge in [-0.25, -0.2) is 0 Å². The lowest BCUT2D eigenvalue weighted by molar-refractivity contribution is 0.238. The Morgan fingerprint density at radius 1 is 0.362 bits per heavy atom. The molecule has 14 rings (SSSR count). The topological polar surface area (TPSA) is 131 Å². The highest BCUT2D eigenvalue weighted by atomic mass is 16.3. The minimum absolute atomic E-state index is 0.231. The molecule has 0 amide bonds. The van der Waals surface area contributed by atoms with Crippen LogP contribution in [0.1, 0.15) is 33.6 Å². The van der Waals surface area contributed by atoms with Crippen LogP contribution in [0.2, 0.25) is 0 Å². The smallest absolute Gasteiger partial charge is 0.144 e. The monoisotopic (exact) mass is 1050 g/mol. The number of pyridine rings is 2. The number of phenolic OH excluding ortho intramolecular Hbond substituents is 3. The summed E-state index contributed by atoms with van der Waals surface area (Å²) in [7, 11) is 0. The summed E-state index contributed by atoms with van der Waals surface area (Å²) in [5.41, 5.74) is 19.6. The average Bonchev–Trinajstić information content (AvgIpc) is 4.18. The molecule has 14 aromatic rings. The van der Waals surface area contributed by atoms with Crippen molar-refractivity contribution < 1.29 is 15.3 Å². The Morgan fingerprint density at radius 2 is 0.762 bits per heavy atom.